The van der Waals surface area contributed by atoms with Crippen LogP contribution in [-0.2, 0) is 0 Å². The van der Waals surface area contributed by atoms with E-state index in [1.54, 1.807) is 0 Å². The van der Waals surface area contributed by atoms with E-state index in [9.17, 15) is 4.79 Å². The van der Waals surface area contributed by atoms with Crippen LogP contribution in [0.15, 0.2) is 53.0 Å². The van der Waals surface area contributed by atoms with Gasteiger partial charge in [0.2, 0.25) is 0 Å². The van der Waals surface area contributed by atoms with E-state index in [0.29, 0.717) is 11.4 Å². The van der Waals surface area contributed by atoms with Gasteiger partial charge in [-0.15, -0.1) is 0 Å². The Balaban J connectivity index is 2.30. The number of hydrogen-bond donors (Lipinski definition) is 0. The van der Waals surface area contributed by atoms with Gasteiger partial charge in [0.05, 0.1) is 11.0 Å². The third-order valence-electron chi connectivity index (χ3n) is 2.81. The van der Waals surface area contributed by atoms with Gasteiger partial charge in [0, 0.05) is 10.0 Å². The molecule has 0 aliphatic rings. The number of aromatic nitrogens is 2. The smallest absolute Gasteiger partial charge is 0.170 e. The first kappa shape index (κ1) is 12.0. The number of aldehydes is 1. The van der Waals surface area contributed by atoms with Crippen LogP contribution in [0.3, 0.4) is 0 Å². The Morgan fingerprint density at radius 1 is 0.947 bits per heavy atom. The zero-order chi connectivity index (χ0) is 13.2. The van der Waals surface area contributed by atoms with Crippen molar-refractivity contribution in [2.75, 3.05) is 0 Å². The number of carbonyl (C=O) groups is 1. The highest BCUT2D eigenvalue weighted by Gasteiger charge is 2.10. The van der Waals surface area contributed by atoms with E-state index < -0.39 is 0 Å². The molecule has 0 spiro atoms. The Hall–Kier alpha value is -2.07. The summed E-state index contributed by atoms with van der Waals surface area (Å²) in [6.07, 6.45) is 0.746. The number of para-hydroxylation sites is 2. The second-order valence-electron chi connectivity index (χ2n) is 4.07. The van der Waals surface area contributed by atoms with Crippen molar-refractivity contribution in [3.05, 3.63) is 58.7 Å². The van der Waals surface area contributed by atoms with Crippen LogP contribution in [0, 0.1) is 0 Å². The fourth-order valence-electron chi connectivity index (χ4n) is 1.94. The molecule has 0 radical (unpaired) electrons. The zero-order valence-electron chi connectivity index (χ0n) is 9.88. The van der Waals surface area contributed by atoms with Crippen molar-refractivity contribution >= 4 is 33.2 Å². The zero-order valence-corrected chi connectivity index (χ0v) is 11.5. The lowest BCUT2D eigenvalue weighted by Crippen LogP contribution is -1.97. The van der Waals surface area contributed by atoms with Crippen LogP contribution in [-0.4, -0.2) is 16.3 Å². The van der Waals surface area contributed by atoms with E-state index >= 15 is 0 Å². The molecule has 0 saturated heterocycles. The van der Waals surface area contributed by atoms with Crippen LogP contribution in [0.25, 0.3) is 22.3 Å². The van der Waals surface area contributed by atoms with Gasteiger partial charge in [-0.3, -0.25) is 4.79 Å². The van der Waals surface area contributed by atoms with Crippen molar-refractivity contribution in [1.82, 2.24) is 9.97 Å². The molecular formula is C15H9BrN2O. The number of benzene rings is 2. The van der Waals surface area contributed by atoms with Gasteiger partial charge in [-0.05, 0) is 24.3 Å². The fraction of sp³-hybridized carbons (Fsp3) is 0. The molecule has 92 valence electrons. The number of hydrogen-bond acceptors (Lipinski definition) is 3. The Morgan fingerprint density at radius 2 is 1.68 bits per heavy atom. The summed E-state index contributed by atoms with van der Waals surface area (Å²) in [5, 5.41) is 0. The van der Waals surface area contributed by atoms with Gasteiger partial charge >= 0.3 is 0 Å². The Kier molecular flexibility index (Phi) is 3.09. The van der Waals surface area contributed by atoms with Gasteiger partial charge in [-0.25, -0.2) is 9.97 Å². The molecule has 0 N–H and O–H groups in total. The highest BCUT2D eigenvalue weighted by molar-refractivity contribution is 9.10. The number of rotatable bonds is 2. The van der Waals surface area contributed by atoms with Gasteiger partial charge < -0.3 is 0 Å². The molecule has 1 aromatic heterocycles. The highest BCUT2D eigenvalue weighted by atomic mass is 79.9. The van der Waals surface area contributed by atoms with E-state index in [1.807, 2.05) is 48.5 Å². The lowest BCUT2D eigenvalue weighted by molar-refractivity contribution is 0.111. The maximum atomic E-state index is 11.2. The number of halogens is 1. The molecule has 2 aromatic carbocycles. The maximum Gasteiger partial charge on any atom is 0.170 e. The van der Waals surface area contributed by atoms with Gasteiger partial charge in [-0.1, -0.05) is 40.2 Å². The predicted octanol–water partition coefficient (Wildman–Crippen LogP) is 3.87. The molecule has 0 saturated carbocycles. The van der Waals surface area contributed by atoms with Gasteiger partial charge in [-0.2, -0.15) is 0 Å². The standard InChI is InChI=1S/C15H9BrN2O/c16-11-5-3-4-10(8-11)15-14(9-19)17-12-6-1-2-7-13(12)18-15/h1-9H. The molecule has 0 aliphatic carbocycles. The summed E-state index contributed by atoms with van der Waals surface area (Å²) in [4.78, 5) is 20.1. The summed E-state index contributed by atoms with van der Waals surface area (Å²) >= 11 is 3.42. The molecule has 0 unspecified atom stereocenters. The lowest BCUT2D eigenvalue weighted by atomic mass is 10.1. The molecule has 0 aliphatic heterocycles. The van der Waals surface area contributed by atoms with Crippen molar-refractivity contribution in [3.8, 4) is 11.3 Å². The van der Waals surface area contributed by atoms with Crippen molar-refractivity contribution in [1.29, 1.82) is 0 Å². The van der Waals surface area contributed by atoms with Gasteiger partial charge in [0.1, 0.15) is 11.4 Å². The second-order valence-corrected chi connectivity index (χ2v) is 4.99. The second kappa shape index (κ2) is 4.90. The Bertz CT molecular complexity index is 771. The SMILES string of the molecule is O=Cc1nc2ccccc2nc1-c1cccc(Br)c1. The van der Waals surface area contributed by atoms with Crippen molar-refractivity contribution in [2.24, 2.45) is 0 Å². The molecule has 19 heavy (non-hydrogen) atoms. The quantitative estimate of drug-likeness (QED) is 0.675. The van der Waals surface area contributed by atoms with E-state index in [-0.39, 0.29) is 0 Å². The normalized spacial score (nSPS) is 10.6. The Morgan fingerprint density at radius 3 is 2.37 bits per heavy atom. The molecule has 0 amide bonds. The van der Waals surface area contributed by atoms with Crippen LogP contribution in [0.4, 0.5) is 0 Å². The van der Waals surface area contributed by atoms with Crippen LogP contribution in [0.2, 0.25) is 0 Å². The first-order chi connectivity index (χ1) is 9.28. The minimum atomic E-state index is 0.358. The van der Waals surface area contributed by atoms with Crippen molar-refractivity contribution < 1.29 is 4.79 Å². The fourth-order valence-corrected chi connectivity index (χ4v) is 2.34. The summed E-state index contributed by atoms with van der Waals surface area (Å²) in [5.74, 6) is 0. The van der Waals surface area contributed by atoms with Crippen LogP contribution < -0.4 is 0 Å². The highest BCUT2D eigenvalue weighted by Crippen LogP contribution is 2.24. The number of fused-ring (bicyclic) bond motifs is 1. The molecule has 0 atom stereocenters. The first-order valence-electron chi connectivity index (χ1n) is 5.76. The van der Waals surface area contributed by atoms with E-state index in [2.05, 4.69) is 25.9 Å². The van der Waals surface area contributed by atoms with Crippen molar-refractivity contribution in [3.63, 3.8) is 0 Å². The van der Waals surface area contributed by atoms with E-state index in [1.165, 1.54) is 0 Å². The summed E-state index contributed by atoms with van der Waals surface area (Å²) in [5.41, 5.74) is 3.34. The van der Waals surface area contributed by atoms with E-state index in [0.717, 1.165) is 27.4 Å². The maximum absolute atomic E-state index is 11.2. The lowest BCUT2D eigenvalue weighted by Gasteiger charge is -2.06. The minimum Gasteiger partial charge on any atom is -0.296 e. The minimum absolute atomic E-state index is 0.358. The molecule has 3 nitrogen and oxygen atoms in total. The third-order valence-corrected chi connectivity index (χ3v) is 3.30. The van der Waals surface area contributed by atoms with Crippen LogP contribution >= 0.6 is 15.9 Å². The number of carbonyl (C=O) groups excluding carboxylic acids is 1. The van der Waals surface area contributed by atoms with Crippen LogP contribution in [0.5, 0.6) is 0 Å². The predicted molar refractivity (Wildman–Crippen MR) is 78.1 cm³/mol. The molecule has 3 rings (SSSR count). The molecule has 1 heterocycles. The van der Waals surface area contributed by atoms with Crippen molar-refractivity contribution in [2.45, 2.75) is 0 Å². The topological polar surface area (TPSA) is 42.9 Å². The average Bonchev–Trinajstić information content (AvgIpc) is 2.46. The summed E-state index contributed by atoms with van der Waals surface area (Å²) in [6.45, 7) is 0. The van der Waals surface area contributed by atoms with Gasteiger partial charge in [0.15, 0.2) is 6.29 Å². The monoisotopic (exact) mass is 312 g/mol. The average molecular weight is 313 g/mol. The molecule has 0 bridgehead atoms. The first-order valence-corrected chi connectivity index (χ1v) is 6.55. The largest absolute Gasteiger partial charge is 0.296 e. The summed E-state index contributed by atoms with van der Waals surface area (Å²) in [7, 11) is 0. The molecule has 3 aromatic rings. The third kappa shape index (κ3) is 2.27. The molecule has 0 fully saturated rings. The molecular weight excluding hydrogens is 304 g/mol. The number of nitrogens with zero attached hydrogens (tertiary/aromatic N) is 2. The summed E-state index contributed by atoms with van der Waals surface area (Å²) < 4.78 is 0.941. The van der Waals surface area contributed by atoms with Gasteiger partial charge in [0.25, 0.3) is 0 Å². The van der Waals surface area contributed by atoms with E-state index in [4.69, 9.17) is 0 Å². The van der Waals surface area contributed by atoms with Crippen LogP contribution in [0.1, 0.15) is 10.5 Å². The molecule has 4 heteroatoms. The summed E-state index contributed by atoms with van der Waals surface area (Å²) in [6, 6.07) is 15.2. The Labute approximate surface area is 118 Å².